The minimum Gasteiger partial charge on any atom is -0.481 e. The van der Waals surface area contributed by atoms with Gasteiger partial charge in [0.25, 0.3) is 0 Å². The average molecular weight is 283 g/mol. The molecule has 114 valence electrons. The van der Waals surface area contributed by atoms with Crippen LogP contribution in [-0.2, 0) is 14.3 Å². The summed E-state index contributed by atoms with van der Waals surface area (Å²) in [6, 6.07) is 0.102. The molecule has 0 radical (unpaired) electrons. The first kappa shape index (κ1) is 15.3. The highest BCUT2D eigenvalue weighted by molar-refractivity contribution is 5.85. The summed E-state index contributed by atoms with van der Waals surface area (Å²) in [5.41, 5.74) is -0.827. The number of hydrogen-bond donors (Lipinski definition) is 1. The highest BCUT2D eigenvalue weighted by atomic mass is 16.5. The van der Waals surface area contributed by atoms with E-state index in [2.05, 4.69) is 0 Å². The Hall–Kier alpha value is -1.10. The smallest absolute Gasteiger partial charge is 0.310 e. The number of aliphatic carboxylic acids is 1. The van der Waals surface area contributed by atoms with Gasteiger partial charge in [-0.15, -0.1) is 0 Å². The second-order valence-electron chi connectivity index (χ2n) is 6.05. The second kappa shape index (κ2) is 6.57. The van der Waals surface area contributed by atoms with Gasteiger partial charge < -0.3 is 14.7 Å². The minimum atomic E-state index is -0.827. The predicted molar refractivity (Wildman–Crippen MR) is 74.4 cm³/mol. The van der Waals surface area contributed by atoms with Crippen molar-refractivity contribution in [3.05, 3.63) is 0 Å². The molecule has 0 spiro atoms. The van der Waals surface area contributed by atoms with Crippen LogP contribution >= 0.6 is 0 Å². The van der Waals surface area contributed by atoms with E-state index in [0.29, 0.717) is 32.6 Å². The quantitative estimate of drug-likeness (QED) is 0.857. The van der Waals surface area contributed by atoms with Crippen molar-refractivity contribution in [1.82, 2.24) is 4.90 Å². The maximum Gasteiger partial charge on any atom is 0.310 e. The highest BCUT2D eigenvalue weighted by Gasteiger charge is 2.43. The average Bonchev–Trinajstić information content (AvgIpc) is 2.48. The van der Waals surface area contributed by atoms with Gasteiger partial charge in [-0.3, -0.25) is 9.59 Å². The van der Waals surface area contributed by atoms with Gasteiger partial charge in [-0.2, -0.15) is 0 Å². The van der Waals surface area contributed by atoms with Crippen molar-refractivity contribution < 1.29 is 19.4 Å². The molecule has 2 aliphatic rings. The molecule has 0 bridgehead atoms. The molecule has 1 amide bonds. The van der Waals surface area contributed by atoms with E-state index in [9.17, 15) is 14.7 Å². The molecule has 0 aromatic carbocycles. The Morgan fingerprint density at radius 3 is 2.60 bits per heavy atom. The fraction of sp³-hybridized carbons (Fsp3) is 0.867. The maximum atomic E-state index is 12.6. The minimum absolute atomic E-state index is 0.00977. The molecule has 0 aromatic rings. The van der Waals surface area contributed by atoms with Gasteiger partial charge in [-0.05, 0) is 19.3 Å². The number of morpholine rings is 1. The molecule has 1 atom stereocenters. The van der Waals surface area contributed by atoms with Gasteiger partial charge in [0.1, 0.15) is 0 Å². The van der Waals surface area contributed by atoms with Gasteiger partial charge in [0.05, 0.1) is 24.7 Å². The van der Waals surface area contributed by atoms with Gasteiger partial charge >= 0.3 is 5.97 Å². The van der Waals surface area contributed by atoms with Crippen LogP contribution in [-0.4, -0.2) is 47.7 Å². The van der Waals surface area contributed by atoms with Crippen LogP contribution in [0.2, 0.25) is 0 Å². The lowest BCUT2D eigenvalue weighted by Gasteiger charge is -2.39. The largest absolute Gasteiger partial charge is 0.481 e. The predicted octanol–water partition coefficient (Wildman–Crippen LogP) is 2.05. The van der Waals surface area contributed by atoms with E-state index in [4.69, 9.17) is 4.74 Å². The third-order valence-corrected chi connectivity index (χ3v) is 4.77. The Morgan fingerprint density at radius 2 is 2.00 bits per heavy atom. The van der Waals surface area contributed by atoms with Crippen molar-refractivity contribution in [2.24, 2.45) is 5.41 Å². The van der Waals surface area contributed by atoms with Crippen molar-refractivity contribution in [2.45, 2.75) is 57.9 Å². The number of amides is 1. The molecular weight excluding hydrogens is 258 g/mol. The Morgan fingerprint density at radius 1 is 1.30 bits per heavy atom. The standard InChI is InChI=1S/C15H25NO4/c1-2-12-11-20-9-8-16(12)13(17)10-15(14(18)19)6-4-3-5-7-15/h12H,2-11H2,1H3,(H,18,19). The molecule has 2 rings (SSSR count). The first-order valence-corrected chi connectivity index (χ1v) is 7.70. The highest BCUT2D eigenvalue weighted by Crippen LogP contribution is 2.40. The first-order chi connectivity index (χ1) is 9.59. The second-order valence-corrected chi connectivity index (χ2v) is 6.05. The summed E-state index contributed by atoms with van der Waals surface area (Å²) in [6.45, 7) is 3.75. The van der Waals surface area contributed by atoms with E-state index < -0.39 is 11.4 Å². The van der Waals surface area contributed by atoms with Crippen molar-refractivity contribution in [1.29, 1.82) is 0 Å². The number of nitrogens with zero attached hydrogens (tertiary/aromatic N) is 1. The van der Waals surface area contributed by atoms with E-state index in [1.807, 2.05) is 11.8 Å². The normalized spacial score (nSPS) is 26.2. The molecule has 1 saturated carbocycles. The van der Waals surface area contributed by atoms with Crippen LogP contribution in [0.4, 0.5) is 0 Å². The third kappa shape index (κ3) is 3.14. The zero-order valence-electron chi connectivity index (χ0n) is 12.3. The summed E-state index contributed by atoms with van der Waals surface area (Å²) in [5, 5.41) is 9.56. The lowest BCUT2D eigenvalue weighted by Crippen LogP contribution is -2.50. The van der Waals surface area contributed by atoms with Gasteiger partial charge in [0.2, 0.25) is 5.91 Å². The Labute approximate surface area is 120 Å². The van der Waals surface area contributed by atoms with Crippen LogP contribution in [0.5, 0.6) is 0 Å². The zero-order valence-corrected chi connectivity index (χ0v) is 12.3. The first-order valence-electron chi connectivity index (χ1n) is 7.70. The Bertz CT molecular complexity index is 363. The monoisotopic (exact) mass is 283 g/mol. The van der Waals surface area contributed by atoms with Crippen molar-refractivity contribution in [2.75, 3.05) is 19.8 Å². The number of carboxylic acid groups (broad SMARTS) is 1. The van der Waals surface area contributed by atoms with Crippen LogP contribution < -0.4 is 0 Å². The molecule has 5 nitrogen and oxygen atoms in total. The number of carbonyl (C=O) groups is 2. The number of carboxylic acids is 1. The van der Waals surface area contributed by atoms with Crippen LogP contribution in [0.3, 0.4) is 0 Å². The molecule has 2 fully saturated rings. The number of rotatable bonds is 4. The molecule has 1 aliphatic heterocycles. The molecule has 1 aliphatic carbocycles. The van der Waals surface area contributed by atoms with Crippen molar-refractivity contribution in [3.8, 4) is 0 Å². The van der Waals surface area contributed by atoms with E-state index in [1.54, 1.807) is 0 Å². The molecule has 1 saturated heterocycles. The van der Waals surface area contributed by atoms with Crippen molar-refractivity contribution in [3.63, 3.8) is 0 Å². The van der Waals surface area contributed by atoms with Gasteiger partial charge in [0.15, 0.2) is 0 Å². The topological polar surface area (TPSA) is 66.8 Å². The summed E-state index contributed by atoms with van der Waals surface area (Å²) in [7, 11) is 0. The van der Waals surface area contributed by atoms with E-state index in [0.717, 1.165) is 25.7 Å². The maximum absolute atomic E-state index is 12.6. The number of hydrogen-bond acceptors (Lipinski definition) is 3. The van der Waals surface area contributed by atoms with E-state index in [-0.39, 0.29) is 18.4 Å². The summed E-state index contributed by atoms with van der Waals surface area (Å²) in [6.07, 6.45) is 5.19. The zero-order chi connectivity index (χ0) is 14.6. The third-order valence-electron chi connectivity index (χ3n) is 4.77. The summed E-state index contributed by atoms with van der Waals surface area (Å²) < 4.78 is 5.41. The van der Waals surface area contributed by atoms with Gasteiger partial charge in [-0.25, -0.2) is 0 Å². The fourth-order valence-corrected chi connectivity index (χ4v) is 3.41. The summed E-state index contributed by atoms with van der Waals surface area (Å²) in [4.78, 5) is 26.0. The van der Waals surface area contributed by atoms with Crippen LogP contribution in [0.1, 0.15) is 51.9 Å². The molecule has 0 aromatic heterocycles. The molecule has 1 heterocycles. The number of carbonyl (C=O) groups excluding carboxylic acids is 1. The summed E-state index contributed by atoms with van der Waals surface area (Å²) >= 11 is 0. The van der Waals surface area contributed by atoms with E-state index in [1.165, 1.54) is 0 Å². The molecule has 20 heavy (non-hydrogen) atoms. The van der Waals surface area contributed by atoms with Crippen LogP contribution in [0.25, 0.3) is 0 Å². The Balaban J connectivity index is 2.05. The summed E-state index contributed by atoms with van der Waals surface area (Å²) in [5.74, 6) is -0.809. The van der Waals surface area contributed by atoms with Gasteiger partial charge in [0, 0.05) is 13.0 Å². The number of ether oxygens (including phenoxy) is 1. The SMILES string of the molecule is CCC1COCCN1C(=O)CC1(C(=O)O)CCCCC1. The molecule has 1 N–H and O–H groups in total. The fourth-order valence-electron chi connectivity index (χ4n) is 3.41. The Kier molecular flexibility index (Phi) is 5.02. The molecule has 5 heteroatoms. The van der Waals surface area contributed by atoms with Crippen LogP contribution in [0.15, 0.2) is 0 Å². The van der Waals surface area contributed by atoms with Gasteiger partial charge in [-0.1, -0.05) is 26.2 Å². The van der Waals surface area contributed by atoms with Crippen molar-refractivity contribution >= 4 is 11.9 Å². The lowest BCUT2D eigenvalue weighted by atomic mass is 9.71. The molecular formula is C15H25NO4. The van der Waals surface area contributed by atoms with E-state index >= 15 is 0 Å². The van der Waals surface area contributed by atoms with Crippen LogP contribution in [0, 0.1) is 5.41 Å². The molecule has 1 unspecified atom stereocenters. The lowest BCUT2D eigenvalue weighted by molar-refractivity contribution is -0.158.